The van der Waals surface area contributed by atoms with E-state index < -0.39 is 0 Å². The predicted molar refractivity (Wildman–Crippen MR) is 83.9 cm³/mol. The summed E-state index contributed by atoms with van der Waals surface area (Å²) in [7, 11) is 0. The number of nitrogens with one attached hydrogen (secondary N) is 1. The van der Waals surface area contributed by atoms with E-state index >= 15 is 0 Å². The Balaban J connectivity index is 1.92. The highest BCUT2D eigenvalue weighted by molar-refractivity contribution is 9.10. The van der Waals surface area contributed by atoms with E-state index in [-0.39, 0.29) is 12.5 Å². The van der Waals surface area contributed by atoms with Gasteiger partial charge in [-0.3, -0.25) is 4.79 Å². The van der Waals surface area contributed by atoms with Crippen molar-refractivity contribution in [3.8, 4) is 5.75 Å². The SMILES string of the molecule is Cc1ccc(N)c(OCC(=O)Nc2ccc(Br)cc2)c1. The van der Waals surface area contributed by atoms with Gasteiger partial charge in [-0.2, -0.15) is 0 Å². The first-order valence-electron chi connectivity index (χ1n) is 6.09. The summed E-state index contributed by atoms with van der Waals surface area (Å²) in [5, 5.41) is 2.75. The second-order valence-electron chi connectivity index (χ2n) is 4.39. The molecule has 1 amide bonds. The molecule has 0 saturated heterocycles. The lowest BCUT2D eigenvalue weighted by Crippen LogP contribution is -2.20. The van der Waals surface area contributed by atoms with Crippen LogP contribution in [0.5, 0.6) is 5.75 Å². The number of anilines is 2. The molecule has 0 radical (unpaired) electrons. The van der Waals surface area contributed by atoms with Crippen LogP contribution in [0.3, 0.4) is 0 Å². The summed E-state index contributed by atoms with van der Waals surface area (Å²) in [5.41, 5.74) is 8.05. The number of ether oxygens (including phenoxy) is 1. The molecular formula is C15H15BrN2O2. The molecule has 0 aromatic heterocycles. The van der Waals surface area contributed by atoms with Gasteiger partial charge in [0.05, 0.1) is 5.69 Å². The number of nitrogen functional groups attached to an aromatic ring is 1. The number of hydrogen-bond donors (Lipinski definition) is 2. The van der Waals surface area contributed by atoms with Crippen molar-refractivity contribution in [3.63, 3.8) is 0 Å². The molecule has 20 heavy (non-hydrogen) atoms. The first kappa shape index (κ1) is 14.4. The van der Waals surface area contributed by atoms with Gasteiger partial charge in [-0.05, 0) is 48.9 Å². The maximum atomic E-state index is 11.8. The van der Waals surface area contributed by atoms with E-state index in [1.165, 1.54) is 0 Å². The number of rotatable bonds is 4. The van der Waals surface area contributed by atoms with E-state index in [1.54, 1.807) is 6.07 Å². The molecule has 0 aliphatic rings. The Hall–Kier alpha value is -2.01. The van der Waals surface area contributed by atoms with Crippen molar-refractivity contribution < 1.29 is 9.53 Å². The minimum Gasteiger partial charge on any atom is -0.482 e. The molecule has 0 atom stereocenters. The zero-order valence-electron chi connectivity index (χ0n) is 11.0. The Morgan fingerprint density at radius 3 is 2.65 bits per heavy atom. The number of carbonyl (C=O) groups excluding carboxylic acids is 1. The number of hydrogen-bond acceptors (Lipinski definition) is 3. The Morgan fingerprint density at radius 1 is 1.25 bits per heavy atom. The second kappa shape index (κ2) is 6.43. The van der Waals surface area contributed by atoms with E-state index in [0.717, 1.165) is 15.7 Å². The Labute approximate surface area is 126 Å². The van der Waals surface area contributed by atoms with E-state index in [2.05, 4.69) is 21.2 Å². The summed E-state index contributed by atoms with van der Waals surface area (Å²) >= 11 is 3.34. The first-order valence-corrected chi connectivity index (χ1v) is 6.88. The predicted octanol–water partition coefficient (Wildman–Crippen LogP) is 3.36. The van der Waals surface area contributed by atoms with Gasteiger partial charge in [0.15, 0.2) is 6.61 Å². The van der Waals surface area contributed by atoms with E-state index in [1.807, 2.05) is 43.3 Å². The van der Waals surface area contributed by atoms with Crippen LogP contribution >= 0.6 is 15.9 Å². The third-order valence-electron chi connectivity index (χ3n) is 2.66. The molecule has 0 saturated carbocycles. The fraction of sp³-hybridized carbons (Fsp3) is 0.133. The lowest BCUT2D eigenvalue weighted by Gasteiger charge is -2.10. The average molecular weight is 335 g/mol. The molecule has 0 spiro atoms. The van der Waals surface area contributed by atoms with Crippen molar-refractivity contribution in [1.29, 1.82) is 0 Å². The molecule has 2 aromatic carbocycles. The molecule has 0 heterocycles. The van der Waals surface area contributed by atoms with Gasteiger partial charge in [-0.25, -0.2) is 0 Å². The smallest absolute Gasteiger partial charge is 0.262 e. The highest BCUT2D eigenvalue weighted by Crippen LogP contribution is 2.22. The standard InChI is InChI=1S/C15H15BrN2O2/c1-10-2-7-13(17)14(8-10)20-9-15(19)18-12-5-3-11(16)4-6-12/h2-8H,9,17H2,1H3,(H,18,19). The van der Waals surface area contributed by atoms with Crippen LogP contribution in [0.2, 0.25) is 0 Å². The van der Waals surface area contributed by atoms with E-state index in [4.69, 9.17) is 10.5 Å². The van der Waals surface area contributed by atoms with Crippen molar-refractivity contribution in [2.24, 2.45) is 0 Å². The van der Waals surface area contributed by atoms with E-state index in [9.17, 15) is 4.79 Å². The minimum absolute atomic E-state index is 0.0796. The van der Waals surface area contributed by atoms with Gasteiger partial charge in [0, 0.05) is 10.2 Å². The largest absolute Gasteiger partial charge is 0.482 e. The third-order valence-corrected chi connectivity index (χ3v) is 3.18. The number of aryl methyl sites for hydroxylation is 1. The van der Waals surface area contributed by atoms with Crippen LogP contribution in [-0.2, 0) is 4.79 Å². The normalized spacial score (nSPS) is 10.1. The van der Waals surface area contributed by atoms with Gasteiger partial charge in [0.1, 0.15) is 5.75 Å². The van der Waals surface area contributed by atoms with Gasteiger partial charge < -0.3 is 15.8 Å². The number of benzene rings is 2. The molecule has 2 rings (SSSR count). The van der Waals surface area contributed by atoms with Gasteiger partial charge in [-0.15, -0.1) is 0 Å². The Kier molecular flexibility index (Phi) is 4.63. The fourth-order valence-electron chi connectivity index (χ4n) is 1.64. The van der Waals surface area contributed by atoms with Gasteiger partial charge in [-0.1, -0.05) is 22.0 Å². The van der Waals surface area contributed by atoms with Crippen molar-refractivity contribution in [2.45, 2.75) is 6.92 Å². The molecule has 0 aliphatic carbocycles. The Morgan fingerprint density at radius 2 is 1.95 bits per heavy atom. The summed E-state index contributed by atoms with van der Waals surface area (Å²) in [6, 6.07) is 12.8. The summed E-state index contributed by atoms with van der Waals surface area (Å²) in [5.74, 6) is 0.296. The maximum Gasteiger partial charge on any atom is 0.262 e. The van der Waals surface area contributed by atoms with Crippen molar-refractivity contribution in [2.75, 3.05) is 17.7 Å². The molecule has 4 nitrogen and oxygen atoms in total. The van der Waals surface area contributed by atoms with Crippen LogP contribution in [0.15, 0.2) is 46.9 Å². The Bertz CT molecular complexity index is 612. The van der Waals surface area contributed by atoms with Crippen molar-refractivity contribution >= 4 is 33.2 Å². The van der Waals surface area contributed by atoms with Gasteiger partial charge in [0.2, 0.25) is 0 Å². The average Bonchev–Trinajstić information content (AvgIpc) is 2.42. The number of halogens is 1. The van der Waals surface area contributed by atoms with Crippen molar-refractivity contribution in [1.82, 2.24) is 0 Å². The molecule has 0 unspecified atom stereocenters. The zero-order valence-corrected chi connectivity index (χ0v) is 12.6. The fourth-order valence-corrected chi connectivity index (χ4v) is 1.90. The number of carbonyl (C=O) groups is 1. The zero-order chi connectivity index (χ0) is 14.5. The monoisotopic (exact) mass is 334 g/mol. The summed E-state index contributed by atoms with van der Waals surface area (Å²) in [4.78, 5) is 11.8. The molecular weight excluding hydrogens is 320 g/mol. The maximum absolute atomic E-state index is 11.8. The number of amides is 1. The minimum atomic E-state index is -0.228. The summed E-state index contributed by atoms with van der Waals surface area (Å²) in [6.45, 7) is 1.86. The van der Waals surface area contributed by atoms with Crippen LogP contribution < -0.4 is 15.8 Å². The lowest BCUT2D eigenvalue weighted by molar-refractivity contribution is -0.118. The van der Waals surface area contributed by atoms with Crippen LogP contribution in [0.25, 0.3) is 0 Å². The highest BCUT2D eigenvalue weighted by Gasteiger charge is 2.06. The first-order chi connectivity index (χ1) is 9.54. The molecule has 0 fully saturated rings. The molecule has 3 N–H and O–H groups in total. The highest BCUT2D eigenvalue weighted by atomic mass is 79.9. The van der Waals surface area contributed by atoms with Crippen molar-refractivity contribution in [3.05, 3.63) is 52.5 Å². The van der Waals surface area contributed by atoms with Crippen LogP contribution in [0, 0.1) is 6.92 Å². The molecule has 0 bridgehead atoms. The van der Waals surface area contributed by atoms with E-state index in [0.29, 0.717) is 11.4 Å². The summed E-state index contributed by atoms with van der Waals surface area (Å²) in [6.07, 6.45) is 0. The van der Waals surface area contributed by atoms with Gasteiger partial charge in [0.25, 0.3) is 5.91 Å². The quantitative estimate of drug-likeness (QED) is 0.842. The van der Waals surface area contributed by atoms with Crippen LogP contribution in [0.1, 0.15) is 5.56 Å². The molecule has 2 aromatic rings. The van der Waals surface area contributed by atoms with Crippen LogP contribution in [-0.4, -0.2) is 12.5 Å². The number of nitrogens with two attached hydrogens (primary N) is 1. The third kappa shape index (κ3) is 3.99. The second-order valence-corrected chi connectivity index (χ2v) is 5.30. The molecule has 104 valence electrons. The van der Waals surface area contributed by atoms with Gasteiger partial charge >= 0.3 is 0 Å². The summed E-state index contributed by atoms with van der Waals surface area (Å²) < 4.78 is 6.39. The van der Waals surface area contributed by atoms with Crippen LogP contribution in [0.4, 0.5) is 11.4 Å². The lowest BCUT2D eigenvalue weighted by atomic mass is 10.2. The topological polar surface area (TPSA) is 64.3 Å². The molecule has 5 heteroatoms. The molecule has 0 aliphatic heterocycles.